The average Bonchev–Trinajstić information content (AvgIpc) is 3.32. The van der Waals surface area contributed by atoms with Crippen LogP contribution in [0.3, 0.4) is 0 Å². The van der Waals surface area contributed by atoms with Crippen LogP contribution < -0.4 is 9.47 Å². The summed E-state index contributed by atoms with van der Waals surface area (Å²) in [6, 6.07) is 10.0. The number of nitro groups is 1. The number of aryl methyl sites for hydroxylation is 2. The quantitative estimate of drug-likeness (QED) is 0.291. The van der Waals surface area contributed by atoms with Gasteiger partial charge in [-0.3, -0.25) is 14.9 Å². The number of methoxy groups -OCH3 is 1. The molecule has 0 N–H and O–H groups in total. The number of ketones is 1. The van der Waals surface area contributed by atoms with Crippen molar-refractivity contribution in [3.63, 3.8) is 0 Å². The SMILES string of the molecule is COc1ccc([N+](=O)[O-])cc1OCC(=O)c1cc(C)n(CCc2cccs2)c1C. The molecular weight excluding hydrogens is 392 g/mol. The van der Waals surface area contributed by atoms with E-state index in [1.165, 1.54) is 30.2 Å². The molecule has 0 fully saturated rings. The number of carbonyl (C=O) groups excluding carboxylic acids is 1. The van der Waals surface area contributed by atoms with Gasteiger partial charge in [0.2, 0.25) is 5.78 Å². The van der Waals surface area contributed by atoms with E-state index in [9.17, 15) is 14.9 Å². The summed E-state index contributed by atoms with van der Waals surface area (Å²) in [6.07, 6.45) is 0.906. The standard InChI is InChI=1S/C21H22N2O5S/c1-14-11-18(15(2)22(14)9-8-17-5-4-10-29-17)19(24)13-28-21-12-16(23(25)26)6-7-20(21)27-3/h4-7,10-12H,8-9,13H2,1-3H3. The topological polar surface area (TPSA) is 83.6 Å². The number of ether oxygens (including phenoxy) is 2. The van der Waals surface area contributed by atoms with Crippen LogP contribution >= 0.6 is 11.3 Å². The molecule has 3 aromatic rings. The fraction of sp³-hybridized carbons (Fsp3) is 0.286. The summed E-state index contributed by atoms with van der Waals surface area (Å²) >= 11 is 1.72. The lowest BCUT2D eigenvalue weighted by Crippen LogP contribution is -2.13. The van der Waals surface area contributed by atoms with Gasteiger partial charge in [0.05, 0.1) is 18.1 Å². The molecule has 152 valence electrons. The zero-order chi connectivity index (χ0) is 21.0. The van der Waals surface area contributed by atoms with E-state index >= 15 is 0 Å². The minimum absolute atomic E-state index is 0.125. The molecule has 0 bridgehead atoms. The highest BCUT2D eigenvalue weighted by molar-refractivity contribution is 7.09. The van der Waals surface area contributed by atoms with Crippen molar-refractivity contribution in [3.8, 4) is 11.5 Å². The van der Waals surface area contributed by atoms with Gasteiger partial charge >= 0.3 is 0 Å². The van der Waals surface area contributed by atoms with E-state index < -0.39 is 4.92 Å². The van der Waals surface area contributed by atoms with Crippen LogP contribution in [0.2, 0.25) is 0 Å². The summed E-state index contributed by atoms with van der Waals surface area (Å²) in [5, 5.41) is 13.0. The van der Waals surface area contributed by atoms with Crippen molar-refractivity contribution in [1.82, 2.24) is 4.57 Å². The predicted molar refractivity (Wildman–Crippen MR) is 111 cm³/mol. The fourth-order valence-electron chi connectivity index (χ4n) is 3.22. The first-order valence-electron chi connectivity index (χ1n) is 9.08. The molecule has 0 radical (unpaired) electrons. The van der Waals surface area contributed by atoms with Crippen molar-refractivity contribution in [2.24, 2.45) is 0 Å². The number of benzene rings is 1. The second-order valence-electron chi connectivity index (χ2n) is 6.57. The molecule has 2 aromatic heterocycles. The van der Waals surface area contributed by atoms with Gasteiger partial charge in [-0.15, -0.1) is 11.3 Å². The molecule has 7 nitrogen and oxygen atoms in total. The summed E-state index contributed by atoms with van der Waals surface area (Å²) < 4.78 is 12.9. The summed E-state index contributed by atoms with van der Waals surface area (Å²) in [5.74, 6) is 0.320. The maximum absolute atomic E-state index is 12.7. The number of hydrogen-bond donors (Lipinski definition) is 0. The Labute approximate surface area is 172 Å². The summed E-state index contributed by atoms with van der Waals surface area (Å²) in [5.41, 5.74) is 2.37. The second kappa shape index (κ2) is 8.91. The molecule has 2 heterocycles. The minimum atomic E-state index is -0.519. The molecule has 0 aliphatic heterocycles. The van der Waals surface area contributed by atoms with Gasteiger partial charge in [0.25, 0.3) is 5.69 Å². The largest absolute Gasteiger partial charge is 0.493 e. The van der Waals surface area contributed by atoms with Gasteiger partial charge in [-0.1, -0.05) is 6.07 Å². The molecule has 0 spiro atoms. The first-order valence-corrected chi connectivity index (χ1v) is 9.96. The van der Waals surface area contributed by atoms with Crippen LogP contribution in [0.25, 0.3) is 0 Å². The summed E-state index contributed by atoms with van der Waals surface area (Å²) in [6.45, 7) is 4.46. The number of aromatic nitrogens is 1. The Morgan fingerprint density at radius 1 is 1.21 bits per heavy atom. The maximum atomic E-state index is 12.7. The number of carbonyl (C=O) groups is 1. The first-order chi connectivity index (χ1) is 13.9. The molecule has 0 amide bonds. The number of hydrogen-bond acceptors (Lipinski definition) is 6. The normalized spacial score (nSPS) is 10.7. The third-order valence-electron chi connectivity index (χ3n) is 4.75. The highest BCUT2D eigenvalue weighted by atomic mass is 32.1. The molecule has 3 rings (SSSR count). The van der Waals surface area contributed by atoms with Crippen molar-refractivity contribution in [2.75, 3.05) is 13.7 Å². The molecule has 8 heteroatoms. The molecule has 0 saturated carbocycles. The number of nitro benzene ring substituents is 1. The van der Waals surface area contributed by atoms with E-state index in [0.717, 1.165) is 24.4 Å². The van der Waals surface area contributed by atoms with E-state index in [1.54, 1.807) is 11.3 Å². The van der Waals surface area contributed by atoms with Gasteiger partial charge in [0, 0.05) is 34.4 Å². The highest BCUT2D eigenvalue weighted by Gasteiger charge is 2.18. The number of non-ortho nitro benzene ring substituents is 1. The van der Waals surface area contributed by atoms with Crippen molar-refractivity contribution in [2.45, 2.75) is 26.8 Å². The molecular formula is C21H22N2O5S. The van der Waals surface area contributed by atoms with E-state index in [4.69, 9.17) is 9.47 Å². The zero-order valence-corrected chi connectivity index (χ0v) is 17.3. The number of thiophene rings is 1. The number of nitrogens with zero attached hydrogens (tertiary/aromatic N) is 2. The molecule has 0 saturated heterocycles. The van der Waals surface area contributed by atoms with Gasteiger partial charge in [0.1, 0.15) is 0 Å². The van der Waals surface area contributed by atoms with Crippen LogP contribution in [0.4, 0.5) is 5.69 Å². The maximum Gasteiger partial charge on any atom is 0.273 e. The lowest BCUT2D eigenvalue weighted by Gasteiger charge is -2.11. The van der Waals surface area contributed by atoms with Crippen LogP contribution in [0.15, 0.2) is 41.8 Å². The molecule has 1 aromatic carbocycles. The Hall–Kier alpha value is -3.13. The highest BCUT2D eigenvalue weighted by Crippen LogP contribution is 2.31. The molecule has 0 unspecified atom stereocenters. The van der Waals surface area contributed by atoms with Gasteiger partial charge < -0.3 is 14.0 Å². The van der Waals surface area contributed by atoms with E-state index in [1.807, 2.05) is 26.0 Å². The van der Waals surface area contributed by atoms with Crippen LogP contribution in [-0.4, -0.2) is 29.0 Å². The zero-order valence-electron chi connectivity index (χ0n) is 16.5. The lowest BCUT2D eigenvalue weighted by molar-refractivity contribution is -0.385. The third kappa shape index (κ3) is 4.65. The Balaban J connectivity index is 1.72. The molecule has 0 atom stereocenters. The predicted octanol–water partition coefficient (Wildman–Crippen LogP) is 4.59. The van der Waals surface area contributed by atoms with Gasteiger partial charge in [-0.2, -0.15) is 0 Å². The summed E-state index contributed by atoms with van der Waals surface area (Å²) in [4.78, 5) is 24.5. The number of Topliss-reactive ketones (excluding diaryl/α,β-unsaturated/α-hetero) is 1. The van der Waals surface area contributed by atoms with Crippen molar-refractivity contribution in [1.29, 1.82) is 0 Å². The van der Waals surface area contributed by atoms with E-state index in [2.05, 4.69) is 16.0 Å². The Kier molecular flexibility index (Phi) is 6.33. The van der Waals surface area contributed by atoms with E-state index in [-0.39, 0.29) is 23.8 Å². The Morgan fingerprint density at radius 3 is 2.66 bits per heavy atom. The Morgan fingerprint density at radius 2 is 2.00 bits per heavy atom. The monoisotopic (exact) mass is 414 g/mol. The van der Waals surface area contributed by atoms with Crippen molar-refractivity contribution >= 4 is 22.8 Å². The molecule has 0 aliphatic rings. The van der Waals surface area contributed by atoms with Gasteiger partial charge in [-0.25, -0.2) is 0 Å². The second-order valence-corrected chi connectivity index (χ2v) is 7.60. The van der Waals surface area contributed by atoms with Crippen LogP contribution in [0.5, 0.6) is 11.5 Å². The first kappa shape index (κ1) is 20.6. The molecule has 0 aliphatic carbocycles. The fourth-order valence-corrected chi connectivity index (χ4v) is 3.92. The Bertz CT molecular complexity index is 1020. The minimum Gasteiger partial charge on any atom is -0.493 e. The summed E-state index contributed by atoms with van der Waals surface area (Å²) in [7, 11) is 1.44. The van der Waals surface area contributed by atoms with Crippen LogP contribution in [-0.2, 0) is 13.0 Å². The lowest BCUT2D eigenvalue weighted by atomic mass is 10.1. The average molecular weight is 414 g/mol. The van der Waals surface area contributed by atoms with Crippen LogP contribution in [0, 0.1) is 24.0 Å². The molecule has 29 heavy (non-hydrogen) atoms. The smallest absolute Gasteiger partial charge is 0.273 e. The van der Waals surface area contributed by atoms with Crippen molar-refractivity contribution in [3.05, 3.63) is 73.7 Å². The van der Waals surface area contributed by atoms with Crippen LogP contribution in [0.1, 0.15) is 26.6 Å². The van der Waals surface area contributed by atoms with Gasteiger partial charge in [-0.05, 0) is 43.8 Å². The van der Waals surface area contributed by atoms with E-state index in [0.29, 0.717) is 11.3 Å². The van der Waals surface area contributed by atoms with Crippen molar-refractivity contribution < 1.29 is 19.2 Å². The third-order valence-corrected chi connectivity index (χ3v) is 5.69. The number of rotatable bonds is 9. The van der Waals surface area contributed by atoms with Gasteiger partial charge in [0.15, 0.2) is 18.1 Å².